The fourth-order valence-electron chi connectivity index (χ4n) is 3.66. The highest BCUT2D eigenvalue weighted by molar-refractivity contribution is 5.70. The summed E-state index contributed by atoms with van der Waals surface area (Å²) in [5.74, 6) is -0.634. The number of aliphatic hydroxyl groups excluding tert-OH is 1. The molecule has 0 bridgehead atoms. The third-order valence-corrected chi connectivity index (χ3v) is 5.89. The summed E-state index contributed by atoms with van der Waals surface area (Å²) in [5, 5.41) is 9.39. The number of allylic oxidation sites excluding steroid dienone is 8. The lowest BCUT2D eigenvalue weighted by atomic mass is 10.1. The highest BCUT2D eigenvalue weighted by Gasteiger charge is 2.15. The fourth-order valence-corrected chi connectivity index (χ4v) is 3.66. The number of ether oxygens (including phenoxy) is 2. The van der Waals surface area contributed by atoms with Crippen molar-refractivity contribution in [3.8, 4) is 0 Å². The number of esters is 2. The van der Waals surface area contributed by atoms with E-state index in [0.29, 0.717) is 12.8 Å². The largest absolute Gasteiger partial charge is 0.462 e. The number of rotatable bonds is 25. The molecule has 5 nitrogen and oxygen atoms in total. The van der Waals surface area contributed by atoms with Gasteiger partial charge in [-0.15, -0.1) is 0 Å². The minimum Gasteiger partial charge on any atom is -0.462 e. The Bertz CT molecular complexity index is 648. The van der Waals surface area contributed by atoms with Gasteiger partial charge in [-0.2, -0.15) is 0 Å². The minimum absolute atomic E-state index is 0.0753. The van der Waals surface area contributed by atoms with Crippen molar-refractivity contribution in [1.29, 1.82) is 0 Å². The highest BCUT2D eigenvalue weighted by atomic mass is 16.6. The Balaban J connectivity index is 3.61. The van der Waals surface area contributed by atoms with E-state index in [0.717, 1.165) is 77.0 Å². The lowest BCUT2D eigenvalue weighted by molar-refractivity contribution is -0.161. The number of carbonyl (C=O) groups excluding carboxylic acids is 2. The van der Waals surface area contributed by atoms with Gasteiger partial charge in [-0.1, -0.05) is 107 Å². The van der Waals surface area contributed by atoms with E-state index in [-0.39, 0.29) is 25.2 Å². The monoisotopic (exact) mass is 518 g/mol. The molecule has 0 spiro atoms. The second-order valence-corrected chi connectivity index (χ2v) is 9.45. The lowest BCUT2D eigenvalue weighted by Gasteiger charge is -2.15. The lowest BCUT2D eigenvalue weighted by Crippen LogP contribution is -2.28. The second kappa shape index (κ2) is 28.4. The first kappa shape index (κ1) is 34.9. The molecular weight excluding hydrogens is 464 g/mol. The van der Waals surface area contributed by atoms with E-state index >= 15 is 0 Å². The summed E-state index contributed by atoms with van der Waals surface area (Å²) >= 11 is 0. The van der Waals surface area contributed by atoms with Crippen LogP contribution in [0, 0.1) is 0 Å². The zero-order valence-electron chi connectivity index (χ0n) is 23.7. The zero-order chi connectivity index (χ0) is 27.2. The van der Waals surface area contributed by atoms with E-state index in [1.54, 1.807) is 0 Å². The van der Waals surface area contributed by atoms with Gasteiger partial charge < -0.3 is 14.6 Å². The Kier molecular flexibility index (Phi) is 26.8. The SMILES string of the molecule is CC/C=C\C/C=C\C/C=C\C/C=C\CCCCCCCCC(=O)OC(CO)COC(=O)CCCCCC. The maximum Gasteiger partial charge on any atom is 0.306 e. The van der Waals surface area contributed by atoms with Crippen molar-refractivity contribution < 1.29 is 24.2 Å². The van der Waals surface area contributed by atoms with Gasteiger partial charge >= 0.3 is 11.9 Å². The van der Waals surface area contributed by atoms with Gasteiger partial charge in [0, 0.05) is 12.8 Å². The summed E-state index contributed by atoms with van der Waals surface area (Å²) in [6.45, 7) is 3.86. The Morgan fingerprint density at radius 3 is 1.76 bits per heavy atom. The molecule has 1 atom stereocenters. The third kappa shape index (κ3) is 26.7. The molecule has 0 aromatic heterocycles. The predicted octanol–water partition coefficient (Wildman–Crippen LogP) is 8.33. The summed E-state index contributed by atoms with van der Waals surface area (Å²) in [4.78, 5) is 23.7. The normalized spacial score (nSPS) is 12.8. The van der Waals surface area contributed by atoms with Crippen LogP contribution in [0.25, 0.3) is 0 Å². The molecule has 0 saturated heterocycles. The Morgan fingerprint density at radius 2 is 1.16 bits per heavy atom. The Morgan fingerprint density at radius 1 is 0.649 bits per heavy atom. The Labute approximate surface area is 227 Å². The fraction of sp³-hybridized carbons (Fsp3) is 0.688. The van der Waals surface area contributed by atoms with Crippen LogP contribution in [-0.2, 0) is 19.1 Å². The number of hydrogen-bond acceptors (Lipinski definition) is 5. The summed E-state index contributed by atoms with van der Waals surface area (Å²) in [7, 11) is 0. The van der Waals surface area contributed by atoms with Crippen molar-refractivity contribution in [2.24, 2.45) is 0 Å². The molecule has 0 rings (SSSR count). The van der Waals surface area contributed by atoms with E-state index in [2.05, 4.69) is 62.5 Å². The van der Waals surface area contributed by atoms with Crippen LogP contribution in [0.4, 0.5) is 0 Å². The molecule has 37 heavy (non-hydrogen) atoms. The number of aliphatic hydroxyl groups is 1. The smallest absolute Gasteiger partial charge is 0.306 e. The van der Waals surface area contributed by atoms with Crippen molar-refractivity contribution in [2.75, 3.05) is 13.2 Å². The Hall–Kier alpha value is -2.14. The van der Waals surface area contributed by atoms with E-state index in [4.69, 9.17) is 9.47 Å². The summed E-state index contributed by atoms with van der Waals surface area (Å²) < 4.78 is 10.4. The highest BCUT2D eigenvalue weighted by Crippen LogP contribution is 2.10. The molecule has 0 aliphatic rings. The maximum atomic E-state index is 12.0. The van der Waals surface area contributed by atoms with Crippen molar-refractivity contribution in [2.45, 2.75) is 129 Å². The van der Waals surface area contributed by atoms with E-state index in [9.17, 15) is 14.7 Å². The van der Waals surface area contributed by atoms with Crippen LogP contribution in [0.5, 0.6) is 0 Å². The molecule has 1 unspecified atom stereocenters. The molecule has 0 amide bonds. The molecule has 0 aromatic carbocycles. The average molecular weight is 519 g/mol. The average Bonchev–Trinajstić information content (AvgIpc) is 2.90. The van der Waals surface area contributed by atoms with Gasteiger partial charge in [-0.05, 0) is 51.4 Å². The van der Waals surface area contributed by atoms with Crippen molar-refractivity contribution in [3.05, 3.63) is 48.6 Å². The first-order valence-electron chi connectivity index (χ1n) is 14.7. The first-order valence-corrected chi connectivity index (χ1v) is 14.7. The first-order chi connectivity index (χ1) is 18.1. The van der Waals surface area contributed by atoms with Crippen LogP contribution in [0.2, 0.25) is 0 Å². The van der Waals surface area contributed by atoms with Crippen molar-refractivity contribution in [1.82, 2.24) is 0 Å². The molecule has 0 radical (unpaired) electrons. The summed E-state index contributed by atoms with van der Waals surface area (Å²) in [6, 6.07) is 0. The second-order valence-electron chi connectivity index (χ2n) is 9.45. The molecule has 0 saturated carbocycles. The third-order valence-electron chi connectivity index (χ3n) is 5.89. The topological polar surface area (TPSA) is 72.8 Å². The van der Waals surface area contributed by atoms with Gasteiger partial charge in [-0.25, -0.2) is 0 Å². The molecule has 0 aliphatic carbocycles. The molecule has 0 fully saturated rings. The molecule has 212 valence electrons. The van der Waals surface area contributed by atoms with E-state index in [1.165, 1.54) is 19.3 Å². The predicted molar refractivity (Wildman–Crippen MR) is 154 cm³/mol. The van der Waals surface area contributed by atoms with Crippen LogP contribution < -0.4 is 0 Å². The van der Waals surface area contributed by atoms with Gasteiger partial charge in [0.2, 0.25) is 0 Å². The van der Waals surface area contributed by atoms with Crippen LogP contribution in [0.1, 0.15) is 123 Å². The van der Waals surface area contributed by atoms with E-state index < -0.39 is 6.10 Å². The number of carbonyl (C=O) groups is 2. The molecule has 0 heterocycles. The maximum absolute atomic E-state index is 12.0. The standard InChI is InChI=1S/C32H54O5/c1-3-5-7-9-10-11-12-13-14-15-16-17-18-19-20-21-22-23-25-27-32(35)37-30(28-33)29-36-31(34)26-24-8-6-4-2/h5,7,10-11,13-14,16-17,30,33H,3-4,6,8-9,12,15,18-29H2,1-2H3/b7-5-,11-10-,14-13-,17-16-. The van der Waals surface area contributed by atoms with Crippen LogP contribution in [0.3, 0.4) is 0 Å². The van der Waals surface area contributed by atoms with Crippen LogP contribution in [-0.4, -0.2) is 36.4 Å². The molecule has 0 aromatic rings. The van der Waals surface area contributed by atoms with Gasteiger partial charge in [-0.3, -0.25) is 9.59 Å². The number of unbranched alkanes of at least 4 members (excludes halogenated alkanes) is 9. The number of hydrogen-bond donors (Lipinski definition) is 1. The summed E-state index contributed by atoms with van der Waals surface area (Å²) in [5.41, 5.74) is 0. The molecule has 5 heteroatoms. The van der Waals surface area contributed by atoms with Gasteiger partial charge in [0.25, 0.3) is 0 Å². The van der Waals surface area contributed by atoms with Gasteiger partial charge in [0.15, 0.2) is 6.10 Å². The van der Waals surface area contributed by atoms with E-state index in [1.807, 2.05) is 0 Å². The van der Waals surface area contributed by atoms with Gasteiger partial charge in [0.05, 0.1) is 6.61 Å². The van der Waals surface area contributed by atoms with Crippen molar-refractivity contribution >= 4 is 11.9 Å². The molecule has 0 aliphatic heterocycles. The molecular formula is C32H54O5. The van der Waals surface area contributed by atoms with Crippen molar-refractivity contribution in [3.63, 3.8) is 0 Å². The minimum atomic E-state index is -0.773. The zero-order valence-corrected chi connectivity index (χ0v) is 23.7. The quantitative estimate of drug-likeness (QED) is 0.0747. The van der Waals surface area contributed by atoms with Crippen LogP contribution in [0.15, 0.2) is 48.6 Å². The molecule has 1 N–H and O–H groups in total. The summed E-state index contributed by atoms with van der Waals surface area (Å²) in [6.07, 6.45) is 33.5. The van der Waals surface area contributed by atoms with Crippen LogP contribution >= 0.6 is 0 Å². The van der Waals surface area contributed by atoms with Gasteiger partial charge in [0.1, 0.15) is 6.61 Å².